The van der Waals surface area contributed by atoms with Gasteiger partial charge in [0.15, 0.2) is 11.5 Å². The number of piperidine rings is 1. The SMILES string of the molecule is COc1ccc(CNC[C@@H](c2cccs2)N2CCC(C)CC2)cc1O. The average Bonchev–Trinajstić information content (AvgIpc) is 3.14. The minimum Gasteiger partial charge on any atom is -0.504 e. The van der Waals surface area contributed by atoms with Crippen LogP contribution in [0.2, 0.25) is 0 Å². The number of likely N-dealkylation sites (tertiary alicyclic amines) is 1. The molecule has 4 nitrogen and oxygen atoms in total. The van der Waals surface area contributed by atoms with E-state index < -0.39 is 0 Å². The molecular formula is C20H28N2O2S. The molecule has 1 saturated heterocycles. The van der Waals surface area contributed by atoms with E-state index in [2.05, 4.69) is 34.7 Å². The van der Waals surface area contributed by atoms with Gasteiger partial charge >= 0.3 is 0 Å². The van der Waals surface area contributed by atoms with Crippen LogP contribution in [-0.2, 0) is 6.54 Å². The Morgan fingerprint density at radius 2 is 2.12 bits per heavy atom. The molecule has 2 aromatic rings. The number of aromatic hydroxyl groups is 1. The van der Waals surface area contributed by atoms with Crippen LogP contribution >= 0.6 is 11.3 Å². The average molecular weight is 361 g/mol. The maximum Gasteiger partial charge on any atom is 0.160 e. The molecule has 1 aliphatic rings. The molecule has 1 aromatic heterocycles. The van der Waals surface area contributed by atoms with E-state index in [9.17, 15) is 5.11 Å². The summed E-state index contributed by atoms with van der Waals surface area (Å²) in [6, 6.07) is 10.4. The molecule has 0 radical (unpaired) electrons. The molecular weight excluding hydrogens is 332 g/mol. The number of rotatable bonds is 7. The van der Waals surface area contributed by atoms with Crippen LogP contribution in [-0.4, -0.2) is 36.8 Å². The van der Waals surface area contributed by atoms with Gasteiger partial charge in [-0.15, -0.1) is 11.3 Å². The van der Waals surface area contributed by atoms with Crippen molar-refractivity contribution in [3.05, 3.63) is 46.2 Å². The largest absolute Gasteiger partial charge is 0.504 e. The number of nitrogens with zero attached hydrogens (tertiary/aromatic N) is 1. The van der Waals surface area contributed by atoms with Crippen molar-refractivity contribution in [3.8, 4) is 11.5 Å². The minimum atomic E-state index is 0.196. The number of hydrogen-bond donors (Lipinski definition) is 2. The van der Waals surface area contributed by atoms with Crippen LogP contribution in [0, 0.1) is 5.92 Å². The second-order valence-corrected chi connectivity index (χ2v) is 7.87. The molecule has 136 valence electrons. The Hall–Kier alpha value is -1.56. The van der Waals surface area contributed by atoms with Crippen molar-refractivity contribution in [2.45, 2.75) is 32.4 Å². The lowest BCUT2D eigenvalue weighted by Gasteiger charge is -2.36. The summed E-state index contributed by atoms with van der Waals surface area (Å²) < 4.78 is 5.10. The molecule has 5 heteroatoms. The lowest BCUT2D eigenvalue weighted by atomic mass is 9.97. The predicted molar refractivity (Wildman–Crippen MR) is 103 cm³/mol. The standard InChI is InChI=1S/C20H28N2O2S/c1-15-7-9-22(10-8-15)17(20-4-3-11-25-20)14-21-13-16-5-6-19(24-2)18(23)12-16/h3-6,11-12,15,17,21,23H,7-10,13-14H2,1-2H3/t17-/m0/s1. The van der Waals surface area contributed by atoms with Gasteiger partial charge in [-0.3, -0.25) is 4.90 Å². The van der Waals surface area contributed by atoms with Gasteiger partial charge in [-0.2, -0.15) is 0 Å². The van der Waals surface area contributed by atoms with Gasteiger partial charge in [0.25, 0.3) is 0 Å². The minimum absolute atomic E-state index is 0.196. The van der Waals surface area contributed by atoms with Crippen LogP contribution in [0.15, 0.2) is 35.7 Å². The zero-order valence-electron chi connectivity index (χ0n) is 15.1. The van der Waals surface area contributed by atoms with Crippen molar-refractivity contribution in [2.24, 2.45) is 5.92 Å². The zero-order valence-corrected chi connectivity index (χ0v) is 15.9. The topological polar surface area (TPSA) is 44.7 Å². The van der Waals surface area contributed by atoms with Gasteiger partial charge < -0.3 is 15.2 Å². The molecule has 0 bridgehead atoms. The summed E-state index contributed by atoms with van der Waals surface area (Å²) in [6.07, 6.45) is 2.57. The second kappa shape index (κ2) is 8.70. The predicted octanol–water partition coefficient (Wildman–Crippen LogP) is 4.03. The summed E-state index contributed by atoms with van der Waals surface area (Å²) >= 11 is 1.84. The Balaban J connectivity index is 1.60. The Bertz CT molecular complexity index is 652. The molecule has 2 heterocycles. The lowest BCUT2D eigenvalue weighted by molar-refractivity contribution is 0.137. The Kier molecular flexibility index (Phi) is 6.34. The van der Waals surface area contributed by atoms with E-state index in [1.807, 2.05) is 23.5 Å². The second-order valence-electron chi connectivity index (χ2n) is 6.89. The van der Waals surface area contributed by atoms with Gasteiger partial charge in [0, 0.05) is 18.0 Å². The number of hydrogen-bond acceptors (Lipinski definition) is 5. The van der Waals surface area contributed by atoms with Crippen molar-refractivity contribution < 1.29 is 9.84 Å². The third kappa shape index (κ3) is 4.75. The fourth-order valence-corrected chi connectivity index (χ4v) is 4.29. The van der Waals surface area contributed by atoms with Gasteiger partial charge in [-0.1, -0.05) is 19.1 Å². The van der Waals surface area contributed by atoms with Crippen molar-refractivity contribution in [2.75, 3.05) is 26.7 Å². The molecule has 0 unspecified atom stereocenters. The fourth-order valence-electron chi connectivity index (χ4n) is 3.43. The Labute approximate surface area is 154 Å². The summed E-state index contributed by atoms with van der Waals surface area (Å²) in [5.41, 5.74) is 1.07. The highest BCUT2D eigenvalue weighted by Gasteiger charge is 2.25. The van der Waals surface area contributed by atoms with Crippen LogP contribution < -0.4 is 10.1 Å². The molecule has 3 rings (SSSR count). The smallest absolute Gasteiger partial charge is 0.160 e. The van der Waals surface area contributed by atoms with E-state index in [0.717, 1.165) is 24.6 Å². The quantitative estimate of drug-likeness (QED) is 0.783. The molecule has 0 saturated carbocycles. The lowest BCUT2D eigenvalue weighted by Crippen LogP contribution is -2.40. The van der Waals surface area contributed by atoms with Crippen LogP contribution in [0.4, 0.5) is 0 Å². The number of benzene rings is 1. The normalized spacial score (nSPS) is 17.5. The highest BCUT2D eigenvalue weighted by molar-refractivity contribution is 7.10. The van der Waals surface area contributed by atoms with Crippen LogP contribution in [0.3, 0.4) is 0 Å². The van der Waals surface area contributed by atoms with Crippen LogP contribution in [0.25, 0.3) is 0 Å². The van der Waals surface area contributed by atoms with Crippen LogP contribution in [0.5, 0.6) is 11.5 Å². The first-order valence-electron chi connectivity index (χ1n) is 9.01. The summed E-state index contributed by atoms with van der Waals surface area (Å²) in [4.78, 5) is 4.05. The first kappa shape index (κ1) is 18.2. The third-order valence-corrected chi connectivity index (χ3v) is 6.01. The number of thiophene rings is 1. The Morgan fingerprint density at radius 1 is 1.32 bits per heavy atom. The van der Waals surface area contributed by atoms with Gasteiger partial charge in [0.1, 0.15) is 0 Å². The summed E-state index contributed by atoms with van der Waals surface area (Å²) in [5, 5.41) is 15.7. The van der Waals surface area contributed by atoms with Crippen molar-refractivity contribution in [3.63, 3.8) is 0 Å². The van der Waals surface area contributed by atoms with Crippen LogP contribution in [0.1, 0.15) is 36.2 Å². The summed E-state index contributed by atoms with van der Waals surface area (Å²) in [7, 11) is 1.57. The number of nitrogens with one attached hydrogen (secondary N) is 1. The number of phenols is 1. The summed E-state index contributed by atoms with van der Waals surface area (Å²) in [5.74, 6) is 1.56. The first-order valence-corrected chi connectivity index (χ1v) is 9.89. The first-order chi connectivity index (χ1) is 12.2. The van der Waals surface area contributed by atoms with Crippen molar-refractivity contribution >= 4 is 11.3 Å². The molecule has 0 aliphatic carbocycles. The highest BCUT2D eigenvalue weighted by Crippen LogP contribution is 2.29. The molecule has 1 atom stereocenters. The van der Waals surface area contributed by atoms with E-state index in [4.69, 9.17) is 4.74 Å². The molecule has 1 aliphatic heterocycles. The van der Waals surface area contributed by atoms with E-state index >= 15 is 0 Å². The number of ether oxygens (including phenoxy) is 1. The van der Waals surface area contributed by atoms with Gasteiger partial charge in [0.05, 0.1) is 13.2 Å². The highest BCUT2D eigenvalue weighted by atomic mass is 32.1. The van der Waals surface area contributed by atoms with Crippen molar-refractivity contribution in [1.82, 2.24) is 10.2 Å². The van der Waals surface area contributed by atoms with Gasteiger partial charge in [-0.25, -0.2) is 0 Å². The van der Waals surface area contributed by atoms with E-state index in [1.54, 1.807) is 13.2 Å². The molecule has 2 N–H and O–H groups in total. The van der Waals surface area contributed by atoms with E-state index in [1.165, 1.54) is 30.8 Å². The van der Waals surface area contributed by atoms with E-state index in [0.29, 0.717) is 11.8 Å². The molecule has 1 fully saturated rings. The molecule has 0 spiro atoms. The molecule has 25 heavy (non-hydrogen) atoms. The fraction of sp³-hybridized carbons (Fsp3) is 0.500. The zero-order chi connectivity index (χ0) is 17.6. The third-order valence-electron chi connectivity index (χ3n) is 5.04. The van der Waals surface area contributed by atoms with Gasteiger partial charge in [0.2, 0.25) is 0 Å². The molecule has 1 aromatic carbocycles. The maximum atomic E-state index is 9.92. The monoisotopic (exact) mass is 360 g/mol. The van der Waals surface area contributed by atoms with Crippen molar-refractivity contribution in [1.29, 1.82) is 0 Å². The van der Waals surface area contributed by atoms with Gasteiger partial charge in [-0.05, 0) is 61.0 Å². The maximum absolute atomic E-state index is 9.92. The Morgan fingerprint density at radius 3 is 2.76 bits per heavy atom. The van der Waals surface area contributed by atoms with E-state index in [-0.39, 0.29) is 5.75 Å². The number of methoxy groups -OCH3 is 1. The number of phenolic OH excluding ortho intramolecular Hbond substituents is 1. The summed E-state index contributed by atoms with van der Waals surface area (Å²) in [6.45, 7) is 6.36. The molecule has 0 amide bonds.